The standard InChI is InChI=1S/C30H29ClFN5O5/c31-22-6-4-21(23(32)15-22)17-42-28-3-1-2-24(34-28)19-8-10-35(11-9-19)16-27-33-25-7-5-20(29(38)39)14-26(25)37(27)18-36-12-13-41-30(36)40/h1-7,14-15,19H,8-13,16-18H2,(H,38,39). The van der Waals surface area contributed by atoms with Crippen LogP contribution < -0.4 is 4.74 Å². The Morgan fingerprint density at radius 1 is 1.10 bits per heavy atom. The number of pyridine rings is 1. The maximum absolute atomic E-state index is 14.1. The van der Waals surface area contributed by atoms with Crippen molar-refractivity contribution in [2.45, 2.75) is 38.6 Å². The molecule has 0 unspecified atom stereocenters. The molecule has 0 atom stereocenters. The molecule has 218 valence electrons. The maximum atomic E-state index is 14.1. The van der Waals surface area contributed by atoms with Gasteiger partial charge in [-0.05, 0) is 62.3 Å². The Morgan fingerprint density at radius 2 is 1.93 bits per heavy atom. The summed E-state index contributed by atoms with van der Waals surface area (Å²) in [5.74, 6) is 0.0116. The van der Waals surface area contributed by atoms with E-state index < -0.39 is 17.9 Å². The van der Waals surface area contributed by atoms with E-state index in [9.17, 15) is 19.1 Å². The second-order valence-corrected chi connectivity index (χ2v) is 10.9. The Labute approximate surface area is 246 Å². The van der Waals surface area contributed by atoms with Crippen molar-refractivity contribution in [1.29, 1.82) is 0 Å². The second kappa shape index (κ2) is 11.9. The SMILES string of the molecule is O=C(O)c1ccc2nc(CN3CCC(c4cccc(OCc5ccc(Cl)cc5F)n4)CC3)n(CN3CCOC3=O)c2c1. The van der Waals surface area contributed by atoms with Crippen molar-refractivity contribution in [2.75, 3.05) is 26.2 Å². The van der Waals surface area contributed by atoms with Gasteiger partial charge in [-0.15, -0.1) is 0 Å². The summed E-state index contributed by atoms with van der Waals surface area (Å²) in [6.07, 6.45) is 1.36. The van der Waals surface area contributed by atoms with Crippen molar-refractivity contribution in [3.63, 3.8) is 0 Å². The topological polar surface area (TPSA) is 110 Å². The largest absolute Gasteiger partial charge is 0.478 e. The second-order valence-electron chi connectivity index (χ2n) is 10.5. The number of piperidine rings is 1. The molecule has 0 radical (unpaired) electrons. The van der Waals surface area contributed by atoms with Crippen LogP contribution >= 0.6 is 11.6 Å². The Balaban J connectivity index is 1.13. The highest BCUT2D eigenvalue weighted by Gasteiger charge is 2.27. The summed E-state index contributed by atoms with van der Waals surface area (Å²) in [5, 5.41) is 9.85. The average Bonchev–Trinajstić information content (AvgIpc) is 3.55. The van der Waals surface area contributed by atoms with Gasteiger partial charge in [-0.1, -0.05) is 23.7 Å². The average molecular weight is 594 g/mol. The molecule has 1 N–H and O–H groups in total. The number of hydrogen-bond acceptors (Lipinski definition) is 7. The number of carbonyl (C=O) groups excluding carboxylic acids is 1. The fourth-order valence-electron chi connectivity index (χ4n) is 5.42. The minimum atomic E-state index is -1.02. The molecule has 0 saturated carbocycles. The van der Waals surface area contributed by atoms with Crippen molar-refractivity contribution in [1.82, 2.24) is 24.3 Å². The first-order chi connectivity index (χ1) is 20.3. The molecule has 0 spiro atoms. The van der Waals surface area contributed by atoms with Crippen LogP contribution in [-0.4, -0.2) is 67.7 Å². The molecule has 4 heterocycles. The van der Waals surface area contributed by atoms with Crippen LogP contribution in [0.1, 0.15) is 46.2 Å². The lowest BCUT2D eigenvalue weighted by Crippen LogP contribution is -2.34. The number of carboxylic acids is 1. The van der Waals surface area contributed by atoms with Gasteiger partial charge in [-0.25, -0.2) is 23.9 Å². The predicted molar refractivity (Wildman–Crippen MR) is 152 cm³/mol. The minimum absolute atomic E-state index is 0.0575. The molecule has 4 aromatic rings. The summed E-state index contributed by atoms with van der Waals surface area (Å²) in [5.41, 5.74) is 2.85. The molecule has 2 aromatic heterocycles. The Bertz CT molecular complexity index is 1640. The van der Waals surface area contributed by atoms with Gasteiger partial charge in [0, 0.05) is 28.3 Å². The van der Waals surface area contributed by atoms with Crippen LogP contribution in [0.5, 0.6) is 5.88 Å². The van der Waals surface area contributed by atoms with Crippen molar-refractivity contribution >= 4 is 34.7 Å². The molecule has 10 nitrogen and oxygen atoms in total. The van der Waals surface area contributed by atoms with E-state index in [4.69, 9.17) is 31.0 Å². The molecule has 6 rings (SSSR count). The van der Waals surface area contributed by atoms with E-state index in [0.29, 0.717) is 47.2 Å². The highest BCUT2D eigenvalue weighted by Crippen LogP contribution is 2.30. The first-order valence-electron chi connectivity index (χ1n) is 13.7. The zero-order chi connectivity index (χ0) is 29.2. The zero-order valence-corrected chi connectivity index (χ0v) is 23.5. The van der Waals surface area contributed by atoms with Crippen molar-refractivity contribution in [3.05, 3.63) is 88.1 Å². The number of halogens is 2. The Morgan fingerprint density at radius 3 is 2.67 bits per heavy atom. The first kappa shape index (κ1) is 27.9. The van der Waals surface area contributed by atoms with E-state index >= 15 is 0 Å². The molecule has 1 amide bonds. The van der Waals surface area contributed by atoms with Crippen molar-refractivity contribution in [2.24, 2.45) is 0 Å². The third kappa shape index (κ3) is 6.02. The fraction of sp³-hybridized carbons (Fsp3) is 0.333. The normalized spacial score (nSPS) is 16.2. The predicted octanol–water partition coefficient (Wildman–Crippen LogP) is 5.29. The molecule has 12 heteroatoms. The molecule has 2 aliphatic heterocycles. The van der Waals surface area contributed by atoms with Gasteiger partial charge in [-0.2, -0.15) is 0 Å². The summed E-state index contributed by atoms with van der Waals surface area (Å²) in [6.45, 7) is 3.25. The number of aromatic carboxylic acids is 1. The van der Waals surface area contributed by atoms with Gasteiger partial charge in [0.15, 0.2) is 0 Å². The van der Waals surface area contributed by atoms with Crippen molar-refractivity contribution in [3.8, 4) is 5.88 Å². The van der Waals surface area contributed by atoms with E-state index in [0.717, 1.165) is 37.4 Å². The van der Waals surface area contributed by atoms with Gasteiger partial charge >= 0.3 is 12.1 Å². The van der Waals surface area contributed by atoms with E-state index in [1.165, 1.54) is 12.1 Å². The van der Waals surface area contributed by atoms with Crippen LogP contribution in [0.2, 0.25) is 5.02 Å². The number of benzene rings is 2. The lowest BCUT2D eigenvalue weighted by Gasteiger charge is -2.31. The van der Waals surface area contributed by atoms with Gasteiger partial charge in [-0.3, -0.25) is 9.80 Å². The third-order valence-electron chi connectivity index (χ3n) is 7.74. The van der Waals surface area contributed by atoms with Crippen LogP contribution in [0.15, 0.2) is 54.6 Å². The highest BCUT2D eigenvalue weighted by atomic mass is 35.5. The van der Waals surface area contributed by atoms with E-state index in [-0.39, 0.29) is 24.8 Å². The van der Waals surface area contributed by atoms with Crippen LogP contribution in [0.4, 0.5) is 9.18 Å². The van der Waals surface area contributed by atoms with Gasteiger partial charge in [0.1, 0.15) is 31.5 Å². The number of hydrogen-bond donors (Lipinski definition) is 1. The number of fused-ring (bicyclic) bond motifs is 1. The Hall–Kier alpha value is -4.22. The maximum Gasteiger partial charge on any atom is 0.411 e. The summed E-state index contributed by atoms with van der Waals surface area (Å²) in [6, 6.07) is 15.0. The molecule has 0 bridgehead atoms. The summed E-state index contributed by atoms with van der Waals surface area (Å²) in [4.78, 5) is 37.2. The highest BCUT2D eigenvalue weighted by molar-refractivity contribution is 6.30. The number of cyclic esters (lactones) is 1. The molecule has 2 aromatic carbocycles. The van der Waals surface area contributed by atoms with Gasteiger partial charge in [0.2, 0.25) is 5.88 Å². The third-order valence-corrected chi connectivity index (χ3v) is 7.97. The van der Waals surface area contributed by atoms with Crippen molar-refractivity contribution < 1.29 is 28.6 Å². The minimum Gasteiger partial charge on any atom is -0.478 e. The molecule has 0 aliphatic carbocycles. The monoisotopic (exact) mass is 593 g/mol. The molecule has 42 heavy (non-hydrogen) atoms. The Kier molecular flexibility index (Phi) is 7.94. The van der Waals surface area contributed by atoms with Crippen LogP contribution in [0.25, 0.3) is 11.0 Å². The number of imidazole rings is 1. The fourth-order valence-corrected chi connectivity index (χ4v) is 5.58. The number of aromatic nitrogens is 3. The van der Waals surface area contributed by atoms with Crippen LogP contribution in [-0.2, 0) is 24.6 Å². The number of amides is 1. The number of rotatable bonds is 9. The lowest BCUT2D eigenvalue weighted by atomic mass is 9.93. The number of nitrogens with zero attached hydrogens (tertiary/aromatic N) is 5. The number of carbonyl (C=O) groups is 2. The van der Waals surface area contributed by atoms with E-state index in [1.54, 1.807) is 35.2 Å². The molecular formula is C30H29ClFN5O5. The summed E-state index contributed by atoms with van der Waals surface area (Å²) in [7, 11) is 0. The van der Waals surface area contributed by atoms with E-state index in [1.807, 2.05) is 16.7 Å². The zero-order valence-electron chi connectivity index (χ0n) is 22.7. The number of ether oxygens (including phenoxy) is 2. The van der Waals surface area contributed by atoms with Gasteiger partial charge in [0.05, 0.1) is 29.7 Å². The first-order valence-corrected chi connectivity index (χ1v) is 14.1. The summed E-state index contributed by atoms with van der Waals surface area (Å²) < 4.78 is 26.9. The molecular weight excluding hydrogens is 565 g/mol. The quantitative estimate of drug-likeness (QED) is 0.279. The van der Waals surface area contributed by atoms with Crippen LogP contribution in [0, 0.1) is 5.82 Å². The lowest BCUT2D eigenvalue weighted by molar-refractivity contribution is 0.0697. The van der Waals surface area contributed by atoms with E-state index in [2.05, 4.69) is 4.90 Å². The van der Waals surface area contributed by atoms with Gasteiger partial charge in [0.25, 0.3) is 0 Å². The molecule has 2 saturated heterocycles. The molecule has 2 aliphatic rings. The number of likely N-dealkylation sites (tertiary alicyclic amines) is 1. The number of carboxylic acid groups (broad SMARTS) is 1. The van der Waals surface area contributed by atoms with Crippen LogP contribution in [0.3, 0.4) is 0 Å². The molecule has 2 fully saturated rings. The smallest absolute Gasteiger partial charge is 0.411 e. The van der Waals surface area contributed by atoms with Gasteiger partial charge < -0.3 is 19.1 Å². The summed E-state index contributed by atoms with van der Waals surface area (Å²) >= 11 is 5.84.